The molecule has 2 aliphatic heterocycles. The molecule has 1 aromatic carbocycles. The molecule has 0 radical (unpaired) electrons. The van der Waals surface area contributed by atoms with Crippen molar-refractivity contribution in [2.45, 2.75) is 38.3 Å². The van der Waals surface area contributed by atoms with E-state index < -0.39 is 0 Å². The van der Waals surface area contributed by atoms with Crippen molar-refractivity contribution in [3.8, 4) is 17.2 Å². The van der Waals surface area contributed by atoms with Gasteiger partial charge in [0, 0.05) is 17.7 Å². The zero-order chi connectivity index (χ0) is 14.7. The third kappa shape index (κ3) is 3.24. The predicted molar refractivity (Wildman–Crippen MR) is 78.9 cm³/mol. The summed E-state index contributed by atoms with van der Waals surface area (Å²) in [5, 5.41) is 9.46. The molecular weight excluding hydrogens is 270 g/mol. The normalized spacial score (nSPS) is 21.5. The van der Waals surface area contributed by atoms with Crippen LogP contribution in [0.3, 0.4) is 0 Å². The fourth-order valence-electron chi connectivity index (χ4n) is 3.04. The Kier molecular flexibility index (Phi) is 4.51. The fraction of sp³-hybridized carbons (Fsp3) is 0.625. The van der Waals surface area contributed by atoms with Crippen molar-refractivity contribution < 1.29 is 19.3 Å². The number of likely N-dealkylation sites (tertiary alicyclic amines) is 1. The summed E-state index contributed by atoms with van der Waals surface area (Å²) in [6, 6.07) is 4.22. The maximum atomic E-state index is 9.46. The van der Waals surface area contributed by atoms with Gasteiger partial charge in [0.25, 0.3) is 0 Å². The van der Waals surface area contributed by atoms with Gasteiger partial charge in [-0.25, -0.2) is 0 Å². The van der Waals surface area contributed by atoms with Crippen LogP contribution in [0.15, 0.2) is 12.1 Å². The van der Waals surface area contributed by atoms with E-state index in [1.54, 1.807) is 6.07 Å². The summed E-state index contributed by atoms with van der Waals surface area (Å²) in [6.07, 6.45) is 4.86. The summed E-state index contributed by atoms with van der Waals surface area (Å²) in [4.78, 5) is 2.42. The van der Waals surface area contributed by atoms with Gasteiger partial charge >= 0.3 is 0 Å². The molecule has 1 saturated heterocycles. The lowest BCUT2D eigenvalue weighted by atomic mass is 10.0. The molecule has 1 atom stereocenters. The smallest absolute Gasteiger partial charge is 0.231 e. The van der Waals surface area contributed by atoms with Crippen LogP contribution in [0.4, 0.5) is 0 Å². The maximum Gasteiger partial charge on any atom is 0.231 e. The Balaban J connectivity index is 1.59. The second kappa shape index (κ2) is 6.54. The van der Waals surface area contributed by atoms with Crippen LogP contribution in [0, 0.1) is 0 Å². The Bertz CT molecular complexity index is 491. The summed E-state index contributed by atoms with van der Waals surface area (Å²) >= 11 is 0. The third-order valence-corrected chi connectivity index (χ3v) is 4.36. The standard InChI is InChI=1S/C16H23NO4/c1-17-6-3-2-4-13(17)5-7-19-14-9-16-15(20-11-21-16)8-12(14)10-18/h8-9,13,18H,2-7,10-11H2,1H3. The molecular formula is C16H23NO4. The van der Waals surface area contributed by atoms with Crippen LogP contribution >= 0.6 is 0 Å². The summed E-state index contributed by atoms with van der Waals surface area (Å²) in [5.41, 5.74) is 0.747. The lowest BCUT2D eigenvalue weighted by Gasteiger charge is -2.32. The summed E-state index contributed by atoms with van der Waals surface area (Å²) in [7, 11) is 2.18. The molecule has 116 valence electrons. The molecule has 0 aromatic heterocycles. The van der Waals surface area contributed by atoms with E-state index in [2.05, 4.69) is 11.9 Å². The number of hydrogen-bond acceptors (Lipinski definition) is 5. The molecule has 0 saturated carbocycles. The van der Waals surface area contributed by atoms with E-state index in [1.807, 2.05) is 6.07 Å². The van der Waals surface area contributed by atoms with Gasteiger partial charge < -0.3 is 24.2 Å². The molecule has 1 N–H and O–H groups in total. The number of hydrogen-bond donors (Lipinski definition) is 1. The average Bonchev–Trinajstić information content (AvgIpc) is 2.95. The van der Waals surface area contributed by atoms with E-state index in [1.165, 1.54) is 25.8 Å². The van der Waals surface area contributed by atoms with Gasteiger partial charge in [-0.05, 0) is 38.9 Å². The van der Waals surface area contributed by atoms with Gasteiger partial charge in [-0.3, -0.25) is 0 Å². The summed E-state index contributed by atoms with van der Waals surface area (Å²) in [5.74, 6) is 2.07. The minimum atomic E-state index is -0.0602. The number of benzene rings is 1. The highest BCUT2D eigenvalue weighted by Crippen LogP contribution is 2.38. The highest BCUT2D eigenvalue weighted by atomic mass is 16.7. The topological polar surface area (TPSA) is 51.2 Å². The van der Waals surface area contributed by atoms with Crippen molar-refractivity contribution in [2.24, 2.45) is 0 Å². The molecule has 2 aliphatic rings. The lowest BCUT2D eigenvalue weighted by molar-refractivity contribution is 0.152. The van der Waals surface area contributed by atoms with Crippen LogP contribution in [0.1, 0.15) is 31.2 Å². The Morgan fingerprint density at radius 3 is 2.86 bits per heavy atom. The van der Waals surface area contributed by atoms with Gasteiger partial charge in [0.15, 0.2) is 11.5 Å². The van der Waals surface area contributed by atoms with E-state index in [-0.39, 0.29) is 13.4 Å². The largest absolute Gasteiger partial charge is 0.493 e. The van der Waals surface area contributed by atoms with Crippen molar-refractivity contribution in [1.82, 2.24) is 4.90 Å². The Labute approximate surface area is 125 Å². The van der Waals surface area contributed by atoms with E-state index in [0.29, 0.717) is 29.9 Å². The van der Waals surface area contributed by atoms with Crippen LogP contribution < -0.4 is 14.2 Å². The van der Waals surface area contributed by atoms with E-state index in [9.17, 15) is 5.11 Å². The fourth-order valence-corrected chi connectivity index (χ4v) is 3.04. The summed E-state index contributed by atoms with van der Waals surface area (Å²) in [6.45, 7) is 2.00. The Hall–Kier alpha value is -1.46. The number of fused-ring (bicyclic) bond motifs is 1. The van der Waals surface area contributed by atoms with Crippen LogP contribution in [0.5, 0.6) is 17.2 Å². The molecule has 2 heterocycles. The highest BCUT2D eigenvalue weighted by Gasteiger charge is 2.20. The second-order valence-electron chi connectivity index (χ2n) is 5.74. The molecule has 1 aromatic rings. The molecule has 0 bridgehead atoms. The van der Waals surface area contributed by atoms with Crippen LogP contribution in [0.25, 0.3) is 0 Å². The third-order valence-electron chi connectivity index (χ3n) is 4.36. The molecule has 1 fully saturated rings. The van der Waals surface area contributed by atoms with E-state index in [0.717, 1.165) is 12.0 Å². The molecule has 1 unspecified atom stereocenters. The monoisotopic (exact) mass is 293 g/mol. The number of piperidine rings is 1. The zero-order valence-corrected chi connectivity index (χ0v) is 12.5. The first kappa shape index (κ1) is 14.5. The van der Waals surface area contributed by atoms with Crippen LogP contribution in [-0.4, -0.2) is 43.0 Å². The SMILES string of the molecule is CN1CCCCC1CCOc1cc2c(cc1CO)OCO2. The Morgan fingerprint density at radius 2 is 2.10 bits per heavy atom. The minimum Gasteiger partial charge on any atom is -0.493 e. The summed E-state index contributed by atoms with van der Waals surface area (Å²) < 4.78 is 16.6. The number of rotatable bonds is 5. The number of aliphatic hydroxyl groups is 1. The molecule has 21 heavy (non-hydrogen) atoms. The molecule has 5 heteroatoms. The molecule has 0 amide bonds. The molecule has 5 nitrogen and oxygen atoms in total. The van der Waals surface area contributed by atoms with Gasteiger partial charge in [0.1, 0.15) is 5.75 Å². The van der Waals surface area contributed by atoms with E-state index in [4.69, 9.17) is 14.2 Å². The van der Waals surface area contributed by atoms with Gasteiger partial charge in [0.2, 0.25) is 6.79 Å². The number of ether oxygens (including phenoxy) is 3. The van der Waals surface area contributed by atoms with Crippen molar-refractivity contribution in [2.75, 3.05) is 27.0 Å². The predicted octanol–water partition coefficient (Wildman–Crippen LogP) is 2.16. The van der Waals surface area contributed by atoms with Crippen molar-refractivity contribution in [1.29, 1.82) is 0 Å². The van der Waals surface area contributed by atoms with Gasteiger partial charge in [-0.2, -0.15) is 0 Å². The van der Waals surface area contributed by atoms with Crippen LogP contribution in [-0.2, 0) is 6.61 Å². The molecule has 0 aliphatic carbocycles. The average molecular weight is 293 g/mol. The molecule has 0 spiro atoms. The lowest BCUT2D eigenvalue weighted by Crippen LogP contribution is -2.37. The first-order valence-electron chi connectivity index (χ1n) is 7.64. The number of nitrogens with zero attached hydrogens (tertiary/aromatic N) is 1. The molecule has 3 rings (SSSR count). The van der Waals surface area contributed by atoms with Crippen molar-refractivity contribution in [3.05, 3.63) is 17.7 Å². The highest BCUT2D eigenvalue weighted by molar-refractivity contribution is 5.51. The van der Waals surface area contributed by atoms with Crippen LogP contribution in [0.2, 0.25) is 0 Å². The first-order valence-corrected chi connectivity index (χ1v) is 7.64. The maximum absolute atomic E-state index is 9.46. The van der Waals surface area contributed by atoms with Crippen molar-refractivity contribution >= 4 is 0 Å². The van der Waals surface area contributed by atoms with E-state index >= 15 is 0 Å². The van der Waals surface area contributed by atoms with Crippen molar-refractivity contribution in [3.63, 3.8) is 0 Å². The zero-order valence-electron chi connectivity index (χ0n) is 12.5. The quantitative estimate of drug-likeness (QED) is 0.901. The van der Waals surface area contributed by atoms with Gasteiger partial charge in [-0.15, -0.1) is 0 Å². The Morgan fingerprint density at radius 1 is 1.29 bits per heavy atom. The first-order chi connectivity index (χ1) is 10.3. The minimum absolute atomic E-state index is 0.0602. The number of aliphatic hydroxyl groups excluding tert-OH is 1. The van der Waals surface area contributed by atoms with Gasteiger partial charge in [-0.1, -0.05) is 6.42 Å². The second-order valence-corrected chi connectivity index (χ2v) is 5.74. The van der Waals surface area contributed by atoms with Gasteiger partial charge in [0.05, 0.1) is 13.2 Å².